The molecule has 0 unspecified atom stereocenters. The number of aromatic nitrogens is 2. The molecule has 11 nitrogen and oxygen atoms in total. The van der Waals surface area contributed by atoms with Crippen LogP contribution in [0.15, 0.2) is 53.0 Å². The summed E-state index contributed by atoms with van der Waals surface area (Å²) in [6, 6.07) is 9.31. The predicted molar refractivity (Wildman–Crippen MR) is 145 cm³/mol. The van der Waals surface area contributed by atoms with E-state index in [1.807, 2.05) is 17.0 Å². The molecule has 5 rings (SSSR count). The normalized spacial score (nSPS) is 18.0. The second-order valence-corrected chi connectivity index (χ2v) is 12.4. The van der Waals surface area contributed by atoms with Crippen LogP contribution in [-0.2, 0) is 16.6 Å². The number of carbonyl (C=O) groups is 1. The molecule has 3 aromatic rings. The molecule has 2 saturated heterocycles. The third-order valence-corrected chi connectivity index (χ3v) is 9.85. The van der Waals surface area contributed by atoms with Gasteiger partial charge in [-0.1, -0.05) is 12.1 Å². The Labute approximate surface area is 226 Å². The smallest absolute Gasteiger partial charge is 0.277 e. The molecule has 0 spiro atoms. The van der Waals surface area contributed by atoms with Crippen molar-refractivity contribution in [1.82, 2.24) is 29.6 Å². The molecule has 2 fully saturated rings. The van der Waals surface area contributed by atoms with Crippen molar-refractivity contribution in [1.29, 1.82) is 0 Å². The molecular formula is C25H31N7O4S2. The molecule has 2 aliphatic heterocycles. The molecule has 2 N–H and O–H groups in total. The van der Waals surface area contributed by atoms with E-state index < -0.39 is 15.9 Å². The van der Waals surface area contributed by atoms with Gasteiger partial charge in [0.05, 0.1) is 10.5 Å². The number of rotatable bonds is 7. The van der Waals surface area contributed by atoms with Crippen LogP contribution < -0.4 is 10.4 Å². The SMILES string of the molecule is CN1CCN(Cc2sccc2-c2ccc(S(=O)(=O)N3CCN(c4ncc(C(=O)NO)cn4)CC3)cc2)CC1. The van der Waals surface area contributed by atoms with E-state index in [1.165, 1.54) is 21.6 Å². The Kier molecular flexibility index (Phi) is 8.02. The lowest BCUT2D eigenvalue weighted by Gasteiger charge is -2.34. The van der Waals surface area contributed by atoms with Crippen molar-refractivity contribution in [2.45, 2.75) is 11.4 Å². The number of nitrogens with zero attached hydrogens (tertiary/aromatic N) is 6. The highest BCUT2D eigenvalue weighted by Gasteiger charge is 2.29. The summed E-state index contributed by atoms with van der Waals surface area (Å²) < 4.78 is 28.2. The molecule has 38 heavy (non-hydrogen) atoms. The molecule has 2 aromatic heterocycles. The number of carbonyl (C=O) groups excluding carboxylic acids is 1. The average Bonchev–Trinajstić information content (AvgIpc) is 3.42. The predicted octanol–water partition coefficient (Wildman–Crippen LogP) is 1.58. The first-order chi connectivity index (χ1) is 18.3. The molecule has 1 amide bonds. The summed E-state index contributed by atoms with van der Waals surface area (Å²) >= 11 is 1.75. The Morgan fingerprint density at radius 2 is 1.63 bits per heavy atom. The third kappa shape index (κ3) is 5.72. The van der Waals surface area contributed by atoms with E-state index >= 15 is 0 Å². The van der Waals surface area contributed by atoms with Gasteiger partial charge in [0.15, 0.2) is 0 Å². The number of piperazine rings is 2. The fraction of sp³-hybridized carbons (Fsp3) is 0.400. The zero-order valence-electron chi connectivity index (χ0n) is 21.2. The van der Waals surface area contributed by atoms with Gasteiger partial charge in [0, 0.05) is 76.2 Å². The van der Waals surface area contributed by atoms with Crippen molar-refractivity contribution in [2.75, 3.05) is 64.3 Å². The van der Waals surface area contributed by atoms with Gasteiger partial charge in [0.2, 0.25) is 16.0 Å². The number of hydroxylamine groups is 1. The summed E-state index contributed by atoms with van der Waals surface area (Å²) in [6.45, 7) is 6.60. The Bertz CT molecular complexity index is 1350. The van der Waals surface area contributed by atoms with Crippen molar-refractivity contribution in [2.24, 2.45) is 0 Å². The molecule has 4 heterocycles. The van der Waals surface area contributed by atoms with Gasteiger partial charge in [-0.05, 0) is 41.8 Å². The molecule has 0 saturated carbocycles. The monoisotopic (exact) mass is 557 g/mol. The van der Waals surface area contributed by atoms with E-state index in [0.29, 0.717) is 32.1 Å². The standard InChI is InChI=1S/C25H31N7O4S2/c1-29-7-9-30(10-8-29)18-23-22(6-15-37-23)19-2-4-21(5-3-19)38(35,36)32-13-11-31(12-14-32)25-26-16-20(17-27-25)24(33)28-34/h2-6,15-17,34H,7-14,18H2,1H3,(H,28,33). The van der Waals surface area contributed by atoms with E-state index in [-0.39, 0.29) is 10.5 Å². The summed E-state index contributed by atoms with van der Waals surface area (Å²) in [5.74, 6) is -0.284. The van der Waals surface area contributed by atoms with Crippen LogP contribution in [0.4, 0.5) is 5.95 Å². The summed E-state index contributed by atoms with van der Waals surface area (Å²) in [7, 11) is -1.49. The van der Waals surface area contributed by atoms with Gasteiger partial charge in [0.1, 0.15) is 0 Å². The van der Waals surface area contributed by atoms with Crippen LogP contribution in [0.25, 0.3) is 11.1 Å². The van der Waals surface area contributed by atoms with Crippen molar-refractivity contribution in [3.63, 3.8) is 0 Å². The number of anilines is 1. The van der Waals surface area contributed by atoms with E-state index in [1.54, 1.807) is 28.9 Å². The number of amides is 1. The minimum atomic E-state index is -3.64. The Morgan fingerprint density at radius 3 is 2.26 bits per heavy atom. The molecule has 0 radical (unpaired) electrons. The Hall–Kier alpha value is -2.94. The average molecular weight is 558 g/mol. The largest absolute Gasteiger partial charge is 0.338 e. The first kappa shape index (κ1) is 26.7. The molecule has 202 valence electrons. The maximum absolute atomic E-state index is 13.3. The molecule has 1 aromatic carbocycles. The number of thiophene rings is 1. The highest BCUT2D eigenvalue weighted by Crippen LogP contribution is 2.31. The molecule has 0 atom stereocenters. The van der Waals surface area contributed by atoms with Gasteiger partial charge in [-0.25, -0.2) is 23.9 Å². The van der Waals surface area contributed by atoms with Crippen LogP contribution >= 0.6 is 11.3 Å². The lowest BCUT2D eigenvalue weighted by molar-refractivity contribution is 0.0705. The van der Waals surface area contributed by atoms with Crippen LogP contribution in [0, 0.1) is 0 Å². The van der Waals surface area contributed by atoms with Gasteiger partial charge in [-0.15, -0.1) is 11.3 Å². The first-order valence-electron chi connectivity index (χ1n) is 12.4. The topological polar surface area (TPSA) is 122 Å². The zero-order valence-corrected chi connectivity index (χ0v) is 22.8. The highest BCUT2D eigenvalue weighted by atomic mass is 32.2. The van der Waals surface area contributed by atoms with E-state index in [9.17, 15) is 13.2 Å². The lowest BCUT2D eigenvalue weighted by Crippen LogP contribution is -2.49. The van der Waals surface area contributed by atoms with E-state index in [0.717, 1.165) is 43.9 Å². The summed E-state index contributed by atoms with van der Waals surface area (Å²) in [5, 5.41) is 10.8. The zero-order chi connectivity index (χ0) is 26.7. The lowest BCUT2D eigenvalue weighted by atomic mass is 10.1. The van der Waals surface area contributed by atoms with Crippen molar-refractivity contribution in [3.8, 4) is 11.1 Å². The first-order valence-corrected chi connectivity index (χ1v) is 14.8. The summed E-state index contributed by atoms with van der Waals surface area (Å²) in [6.07, 6.45) is 2.64. The van der Waals surface area contributed by atoms with E-state index in [4.69, 9.17) is 5.21 Å². The van der Waals surface area contributed by atoms with Gasteiger partial charge in [-0.2, -0.15) is 4.31 Å². The van der Waals surface area contributed by atoms with E-state index in [2.05, 4.69) is 38.3 Å². The number of likely N-dealkylation sites (N-methyl/N-ethyl adjacent to an activating group) is 1. The highest BCUT2D eigenvalue weighted by molar-refractivity contribution is 7.89. The molecule has 13 heteroatoms. The quantitative estimate of drug-likeness (QED) is 0.329. The summed E-state index contributed by atoms with van der Waals surface area (Å²) in [5.41, 5.74) is 3.86. The van der Waals surface area contributed by atoms with Gasteiger partial charge in [-0.3, -0.25) is 14.9 Å². The second-order valence-electron chi connectivity index (χ2n) is 9.47. The minimum Gasteiger partial charge on any atom is -0.338 e. The Balaban J connectivity index is 1.22. The van der Waals surface area contributed by atoms with Crippen molar-refractivity contribution < 1.29 is 18.4 Å². The molecule has 2 aliphatic rings. The minimum absolute atomic E-state index is 0.134. The van der Waals surface area contributed by atoms with Crippen molar-refractivity contribution >= 4 is 33.2 Å². The number of hydrogen-bond acceptors (Lipinski definition) is 10. The fourth-order valence-corrected chi connectivity index (χ4v) is 7.04. The number of sulfonamides is 1. The maximum Gasteiger partial charge on any atom is 0.277 e. The molecular weight excluding hydrogens is 526 g/mol. The second kappa shape index (κ2) is 11.4. The number of benzene rings is 1. The third-order valence-electron chi connectivity index (χ3n) is 7.04. The maximum atomic E-state index is 13.3. The molecule has 0 bridgehead atoms. The van der Waals surface area contributed by atoms with Crippen LogP contribution in [0.5, 0.6) is 0 Å². The van der Waals surface area contributed by atoms with Gasteiger partial charge in [0.25, 0.3) is 5.91 Å². The van der Waals surface area contributed by atoms with Crippen LogP contribution in [0.3, 0.4) is 0 Å². The van der Waals surface area contributed by atoms with Gasteiger partial charge < -0.3 is 9.80 Å². The number of hydrogen-bond donors (Lipinski definition) is 2. The van der Waals surface area contributed by atoms with Crippen LogP contribution in [-0.4, -0.2) is 103 Å². The van der Waals surface area contributed by atoms with Crippen LogP contribution in [0.1, 0.15) is 15.2 Å². The molecule has 0 aliphatic carbocycles. The fourth-order valence-electron chi connectivity index (χ4n) is 4.68. The van der Waals surface area contributed by atoms with Crippen molar-refractivity contribution in [3.05, 3.63) is 58.5 Å². The number of nitrogens with one attached hydrogen (secondary N) is 1. The van der Waals surface area contributed by atoms with Gasteiger partial charge >= 0.3 is 0 Å². The summed E-state index contributed by atoms with van der Waals surface area (Å²) in [4.78, 5) is 28.1. The Morgan fingerprint density at radius 1 is 0.974 bits per heavy atom. The van der Waals surface area contributed by atoms with Crippen LogP contribution in [0.2, 0.25) is 0 Å².